The molecule has 0 fully saturated rings. The Bertz CT molecular complexity index is 1340. The standard InChI is InChI=1S/C27H28N4O5/c1-3-15-35-23-14-13-19(16-24(23)34-2)27(33)30-29-26(32)17-31-22-12-8-7-11-21(22)28-25(31)18-36-20-9-5-4-6-10-20/h4-14,16H,3,15,17-18H2,1-2H3,(H,29,32)(H,30,33). The van der Waals surface area contributed by atoms with E-state index in [1.165, 1.54) is 7.11 Å². The number of rotatable bonds is 10. The average Bonchev–Trinajstić information content (AvgIpc) is 3.26. The van der Waals surface area contributed by atoms with Gasteiger partial charge in [-0.25, -0.2) is 4.98 Å². The fraction of sp³-hybridized carbons (Fsp3) is 0.222. The number of hydrogen-bond donors (Lipinski definition) is 2. The van der Waals surface area contributed by atoms with Gasteiger partial charge in [-0.15, -0.1) is 0 Å². The van der Waals surface area contributed by atoms with Crippen molar-refractivity contribution in [2.45, 2.75) is 26.5 Å². The number of para-hydroxylation sites is 3. The number of carbonyl (C=O) groups is 2. The Hall–Kier alpha value is -4.53. The Balaban J connectivity index is 1.42. The van der Waals surface area contributed by atoms with Crippen LogP contribution in [0.25, 0.3) is 11.0 Å². The predicted octanol–water partition coefficient (Wildman–Crippen LogP) is 3.87. The highest BCUT2D eigenvalue weighted by Gasteiger charge is 2.16. The topological polar surface area (TPSA) is 104 Å². The number of carbonyl (C=O) groups excluding carboxylic acids is 2. The van der Waals surface area contributed by atoms with Crippen LogP contribution in [0, 0.1) is 0 Å². The molecule has 4 rings (SSSR count). The van der Waals surface area contributed by atoms with Gasteiger partial charge in [0.25, 0.3) is 11.8 Å². The summed E-state index contributed by atoms with van der Waals surface area (Å²) in [6.45, 7) is 2.67. The normalized spacial score (nSPS) is 10.6. The summed E-state index contributed by atoms with van der Waals surface area (Å²) in [6.07, 6.45) is 0.851. The van der Waals surface area contributed by atoms with Gasteiger partial charge in [0.2, 0.25) is 0 Å². The maximum atomic E-state index is 12.8. The number of methoxy groups -OCH3 is 1. The van der Waals surface area contributed by atoms with Crippen molar-refractivity contribution < 1.29 is 23.8 Å². The number of fused-ring (bicyclic) bond motifs is 1. The van der Waals surface area contributed by atoms with Gasteiger partial charge in [0.15, 0.2) is 11.5 Å². The van der Waals surface area contributed by atoms with Crippen molar-refractivity contribution in [1.29, 1.82) is 0 Å². The molecule has 0 unspecified atom stereocenters. The molecule has 2 N–H and O–H groups in total. The Kier molecular flexibility index (Phi) is 8.02. The summed E-state index contributed by atoms with van der Waals surface area (Å²) in [5.41, 5.74) is 6.78. The minimum atomic E-state index is -0.480. The molecule has 0 radical (unpaired) electrons. The van der Waals surface area contributed by atoms with Crippen LogP contribution in [0.3, 0.4) is 0 Å². The SMILES string of the molecule is CCCOc1ccc(C(=O)NNC(=O)Cn2c(COc3ccccc3)nc3ccccc32)cc1OC. The minimum absolute atomic E-state index is 0.0542. The van der Waals surface area contributed by atoms with Gasteiger partial charge in [0, 0.05) is 5.56 Å². The fourth-order valence-corrected chi connectivity index (χ4v) is 3.60. The summed E-state index contributed by atoms with van der Waals surface area (Å²) in [7, 11) is 1.51. The Morgan fingerprint density at radius 3 is 2.47 bits per heavy atom. The van der Waals surface area contributed by atoms with Gasteiger partial charge >= 0.3 is 0 Å². The molecule has 4 aromatic rings. The molecular weight excluding hydrogens is 460 g/mol. The third kappa shape index (κ3) is 5.93. The lowest BCUT2D eigenvalue weighted by atomic mass is 10.2. The zero-order chi connectivity index (χ0) is 25.3. The van der Waals surface area contributed by atoms with Crippen LogP contribution in [0.15, 0.2) is 72.8 Å². The lowest BCUT2D eigenvalue weighted by Gasteiger charge is -2.13. The summed E-state index contributed by atoms with van der Waals surface area (Å²) >= 11 is 0. The summed E-state index contributed by atoms with van der Waals surface area (Å²) in [6, 6.07) is 21.7. The van der Waals surface area contributed by atoms with E-state index in [-0.39, 0.29) is 13.2 Å². The van der Waals surface area contributed by atoms with Crippen molar-refractivity contribution in [2.75, 3.05) is 13.7 Å². The van der Waals surface area contributed by atoms with Gasteiger partial charge in [-0.1, -0.05) is 37.3 Å². The second kappa shape index (κ2) is 11.7. The number of nitrogens with one attached hydrogen (secondary N) is 2. The smallest absolute Gasteiger partial charge is 0.269 e. The van der Waals surface area contributed by atoms with E-state index in [0.29, 0.717) is 35.2 Å². The third-order valence-corrected chi connectivity index (χ3v) is 5.35. The van der Waals surface area contributed by atoms with Crippen LogP contribution < -0.4 is 25.1 Å². The Labute approximate surface area is 209 Å². The molecule has 36 heavy (non-hydrogen) atoms. The number of hydrazine groups is 1. The van der Waals surface area contributed by atoms with Crippen LogP contribution in [0.5, 0.6) is 17.2 Å². The number of hydrogen-bond acceptors (Lipinski definition) is 6. The molecule has 1 heterocycles. The van der Waals surface area contributed by atoms with Crippen LogP contribution in [0.1, 0.15) is 29.5 Å². The molecule has 9 nitrogen and oxygen atoms in total. The molecule has 0 saturated heterocycles. The van der Waals surface area contributed by atoms with Gasteiger partial charge in [-0.2, -0.15) is 0 Å². The highest BCUT2D eigenvalue weighted by atomic mass is 16.5. The van der Waals surface area contributed by atoms with Gasteiger partial charge in [-0.05, 0) is 48.9 Å². The number of benzene rings is 3. The molecule has 9 heteroatoms. The van der Waals surface area contributed by atoms with Crippen LogP contribution >= 0.6 is 0 Å². The molecule has 0 aliphatic heterocycles. The molecular formula is C27H28N4O5. The molecule has 3 aromatic carbocycles. The van der Waals surface area contributed by atoms with Crippen molar-refractivity contribution in [3.8, 4) is 17.2 Å². The van der Waals surface area contributed by atoms with E-state index < -0.39 is 11.8 Å². The second-order valence-electron chi connectivity index (χ2n) is 7.92. The van der Waals surface area contributed by atoms with Gasteiger partial charge in [0.1, 0.15) is 24.7 Å². The fourth-order valence-electron chi connectivity index (χ4n) is 3.60. The highest BCUT2D eigenvalue weighted by molar-refractivity contribution is 5.96. The van der Waals surface area contributed by atoms with Crippen LogP contribution in [0.4, 0.5) is 0 Å². The predicted molar refractivity (Wildman–Crippen MR) is 135 cm³/mol. The average molecular weight is 489 g/mol. The molecule has 1 aromatic heterocycles. The van der Waals surface area contributed by atoms with E-state index in [0.717, 1.165) is 17.5 Å². The highest BCUT2D eigenvalue weighted by Crippen LogP contribution is 2.28. The zero-order valence-corrected chi connectivity index (χ0v) is 20.2. The number of amides is 2. The monoisotopic (exact) mass is 488 g/mol. The maximum Gasteiger partial charge on any atom is 0.269 e. The summed E-state index contributed by atoms with van der Waals surface area (Å²) in [5, 5.41) is 0. The van der Waals surface area contributed by atoms with Crippen molar-refractivity contribution >= 4 is 22.8 Å². The number of nitrogens with zero attached hydrogens (tertiary/aromatic N) is 2. The van der Waals surface area contributed by atoms with Crippen LogP contribution in [-0.2, 0) is 17.9 Å². The summed E-state index contributed by atoms with van der Waals surface area (Å²) < 4.78 is 18.6. The van der Waals surface area contributed by atoms with Crippen molar-refractivity contribution in [3.63, 3.8) is 0 Å². The van der Waals surface area contributed by atoms with E-state index in [9.17, 15) is 9.59 Å². The van der Waals surface area contributed by atoms with E-state index in [1.807, 2.05) is 61.5 Å². The molecule has 0 bridgehead atoms. The van der Waals surface area contributed by atoms with Crippen molar-refractivity contribution in [1.82, 2.24) is 20.4 Å². The first-order valence-corrected chi connectivity index (χ1v) is 11.6. The molecule has 0 aliphatic rings. The van der Waals surface area contributed by atoms with Crippen LogP contribution in [0.2, 0.25) is 0 Å². The number of ether oxygens (including phenoxy) is 3. The maximum absolute atomic E-state index is 12.8. The molecule has 0 saturated carbocycles. The lowest BCUT2D eigenvalue weighted by molar-refractivity contribution is -0.122. The van der Waals surface area contributed by atoms with Gasteiger partial charge < -0.3 is 18.8 Å². The molecule has 0 atom stereocenters. The number of imidazole rings is 1. The van der Waals surface area contributed by atoms with E-state index >= 15 is 0 Å². The largest absolute Gasteiger partial charge is 0.493 e. The van der Waals surface area contributed by atoms with E-state index in [1.54, 1.807) is 22.8 Å². The van der Waals surface area contributed by atoms with Crippen LogP contribution in [-0.4, -0.2) is 35.1 Å². The molecule has 2 amide bonds. The molecule has 0 spiro atoms. The first kappa shape index (κ1) is 24.6. The van der Waals surface area contributed by atoms with Crippen molar-refractivity contribution in [2.24, 2.45) is 0 Å². The Morgan fingerprint density at radius 2 is 1.69 bits per heavy atom. The zero-order valence-electron chi connectivity index (χ0n) is 20.2. The quantitative estimate of drug-likeness (QED) is 0.329. The summed E-state index contributed by atoms with van der Waals surface area (Å²) in [5.74, 6) is 1.39. The molecule has 0 aliphatic carbocycles. The van der Waals surface area contributed by atoms with Gasteiger partial charge in [-0.3, -0.25) is 20.4 Å². The van der Waals surface area contributed by atoms with Gasteiger partial charge in [0.05, 0.1) is 24.8 Å². The third-order valence-electron chi connectivity index (χ3n) is 5.35. The second-order valence-corrected chi connectivity index (χ2v) is 7.92. The lowest BCUT2D eigenvalue weighted by Crippen LogP contribution is -2.43. The number of aromatic nitrogens is 2. The first-order valence-electron chi connectivity index (χ1n) is 11.6. The first-order chi connectivity index (χ1) is 17.6. The minimum Gasteiger partial charge on any atom is -0.493 e. The molecule has 186 valence electrons. The van der Waals surface area contributed by atoms with Crippen molar-refractivity contribution in [3.05, 3.63) is 84.2 Å². The van der Waals surface area contributed by atoms with E-state index in [4.69, 9.17) is 14.2 Å². The summed E-state index contributed by atoms with van der Waals surface area (Å²) in [4.78, 5) is 30.0. The van der Waals surface area contributed by atoms with E-state index in [2.05, 4.69) is 15.8 Å². The Morgan fingerprint density at radius 1 is 0.917 bits per heavy atom.